The van der Waals surface area contributed by atoms with Gasteiger partial charge in [-0.05, 0) is 39.2 Å². The highest BCUT2D eigenvalue weighted by molar-refractivity contribution is 5.81. The van der Waals surface area contributed by atoms with E-state index in [4.69, 9.17) is 0 Å². The third-order valence-electron chi connectivity index (χ3n) is 5.58. The van der Waals surface area contributed by atoms with Gasteiger partial charge in [0, 0.05) is 24.4 Å². The minimum atomic E-state index is 0.392. The molecule has 0 saturated carbocycles. The molecule has 0 aromatic carbocycles. The largest absolute Gasteiger partial charge is 0.300 e. The molecule has 2 aliphatic heterocycles. The highest BCUT2D eigenvalue weighted by Crippen LogP contribution is 2.38. The maximum absolute atomic E-state index is 12.3. The molecule has 116 valence electrons. The van der Waals surface area contributed by atoms with Gasteiger partial charge in [-0.25, -0.2) is 0 Å². The van der Waals surface area contributed by atoms with Crippen molar-refractivity contribution in [2.24, 2.45) is 5.92 Å². The second-order valence-corrected chi connectivity index (χ2v) is 7.06. The first-order chi connectivity index (χ1) is 9.72. The second-order valence-electron chi connectivity index (χ2n) is 7.06. The predicted molar refractivity (Wildman–Crippen MR) is 84.9 cm³/mol. The summed E-state index contributed by atoms with van der Waals surface area (Å²) in [5.41, 5.74) is 0. The summed E-state index contributed by atoms with van der Waals surface area (Å²) in [6.07, 6.45) is 14.9. The van der Waals surface area contributed by atoms with Gasteiger partial charge in [-0.3, -0.25) is 4.79 Å². The van der Waals surface area contributed by atoms with E-state index in [2.05, 4.69) is 18.9 Å². The van der Waals surface area contributed by atoms with Crippen LogP contribution in [-0.4, -0.2) is 29.8 Å². The molecule has 2 heterocycles. The predicted octanol–water partition coefficient (Wildman–Crippen LogP) is 4.57. The molecular formula is C18H33NO. The molecule has 2 aliphatic rings. The molecule has 0 aromatic heterocycles. The SMILES string of the molecule is CCCCCCCCCC(=O)C1CC2CCC(C1)N2C. The van der Waals surface area contributed by atoms with Crippen molar-refractivity contribution in [3.63, 3.8) is 0 Å². The van der Waals surface area contributed by atoms with Gasteiger partial charge in [0.05, 0.1) is 0 Å². The van der Waals surface area contributed by atoms with Gasteiger partial charge in [0.25, 0.3) is 0 Å². The van der Waals surface area contributed by atoms with Gasteiger partial charge in [0.1, 0.15) is 5.78 Å². The Hall–Kier alpha value is -0.370. The molecule has 0 amide bonds. The number of fused-ring (bicyclic) bond motifs is 2. The van der Waals surface area contributed by atoms with Gasteiger partial charge in [-0.15, -0.1) is 0 Å². The van der Waals surface area contributed by atoms with E-state index in [0.717, 1.165) is 25.7 Å². The van der Waals surface area contributed by atoms with E-state index >= 15 is 0 Å². The fourth-order valence-electron chi connectivity index (χ4n) is 4.13. The standard InChI is InChI=1S/C18H33NO/c1-3-4-5-6-7-8-9-10-18(20)15-13-16-11-12-17(14-15)19(16)2/h15-17H,3-14H2,1-2H3. The number of hydrogen-bond acceptors (Lipinski definition) is 2. The number of nitrogens with zero attached hydrogens (tertiary/aromatic N) is 1. The molecule has 2 saturated heterocycles. The number of ketones is 1. The fraction of sp³-hybridized carbons (Fsp3) is 0.944. The Balaban J connectivity index is 1.57. The average Bonchev–Trinajstić information content (AvgIpc) is 2.68. The number of rotatable bonds is 9. The van der Waals surface area contributed by atoms with E-state index in [0.29, 0.717) is 23.8 Å². The average molecular weight is 279 g/mol. The van der Waals surface area contributed by atoms with Crippen LogP contribution in [0.25, 0.3) is 0 Å². The Morgan fingerprint density at radius 1 is 0.950 bits per heavy atom. The summed E-state index contributed by atoms with van der Waals surface area (Å²) < 4.78 is 0. The van der Waals surface area contributed by atoms with Gasteiger partial charge < -0.3 is 4.90 Å². The van der Waals surface area contributed by atoms with Crippen LogP contribution < -0.4 is 0 Å². The van der Waals surface area contributed by atoms with Crippen molar-refractivity contribution >= 4 is 5.78 Å². The van der Waals surface area contributed by atoms with E-state index in [1.165, 1.54) is 51.4 Å². The zero-order valence-electron chi connectivity index (χ0n) is 13.6. The van der Waals surface area contributed by atoms with E-state index < -0.39 is 0 Å². The summed E-state index contributed by atoms with van der Waals surface area (Å²) in [6, 6.07) is 1.41. The maximum atomic E-state index is 12.3. The first-order valence-electron chi connectivity index (χ1n) is 8.97. The molecule has 2 rings (SSSR count). The van der Waals surface area contributed by atoms with E-state index in [1.807, 2.05) is 0 Å². The topological polar surface area (TPSA) is 20.3 Å². The third kappa shape index (κ3) is 4.31. The normalized spacial score (nSPS) is 29.8. The van der Waals surface area contributed by atoms with Gasteiger partial charge >= 0.3 is 0 Å². The summed E-state index contributed by atoms with van der Waals surface area (Å²) in [7, 11) is 2.25. The van der Waals surface area contributed by atoms with Crippen LogP contribution in [0.1, 0.15) is 84.0 Å². The van der Waals surface area contributed by atoms with Crippen molar-refractivity contribution in [2.45, 2.75) is 96.1 Å². The number of unbranched alkanes of at least 4 members (excludes halogenated alkanes) is 6. The fourth-order valence-corrected chi connectivity index (χ4v) is 4.13. The summed E-state index contributed by atoms with van der Waals surface area (Å²) in [5.74, 6) is 0.965. The first kappa shape index (κ1) is 16.0. The summed E-state index contributed by atoms with van der Waals surface area (Å²) in [4.78, 5) is 14.9. The molecule has 2 bridgehead atoms. The lowest BCUT2D eigenvalue weighted by Crippen LogP contribution is -2.42. The molecule has 2 fully saturated rings. The molecule has 0 N–H and O–H groups in total. The lowest BCUT2D eigenvalue weighted by molar-refractivity contribution is -0.125. The van der Waals surface area contributed by atoms with Gasteiger partial charge in [0.15, 0.2) is 0 Å². The number of Topliss-reactive ketones (excluding diaryl/α,β-unsaturated/α-hetero) is 1. The molecule has 2 nitrogen and oxygen atoms in total. The first-order valence-corrected chi connectivity index (χ1v) is 8.97. The third-order valence-corrected chi connectivity index (χ3v) is 5.58. The smallest absolute Gasteiger partial charge is 0.136 e. The Morgan fingerprint density at radius 3 is 2.10 bits per heavy atom. The second kappa shape index (κ2) is 8.17. The molecular weight excluding hydrogens is 246 g/mol. The van der Waals surface area contributed by atoms with E-state index in [-0.39, 0.29) is 0 Å². The van der Waals surface area contributed by atoms with Crippen molar-refractivity contribution in [3.8, 4) is 0 Å². The van der Waals surface area contributed by atoms with Gasteiger partial charge in [-0.1, -0.05) is 45.4 Å². The van der Waals surface area contributed by atoms with Crippen molar-refractivity contribution in [1.29, 1.82) is 0 Å². The minimum absolute atomic E-state index is 0.392. The Morgan fingerprint density at radius 2 is 1.50 bits per heavy atom. The highest BCUT2D eigenvalue weighted by atomic mass is 16.1. The number of carbonyl (C=O) groups excluding carboxylic acids is 1. The van der Waals surface area contributed by atoms with Crippen LogP contribution in [0, 0.1) is 5.92 Å². The Labute approximate surface area is 125 Å². The molecule has 2 atom stereocenters. The number of carbonyl (C=O) groups is 1. The highest BCUT2D eigenvalue weighted by Gasteiger charge is 2.40. The van der Waals surface area contributed by atoms with Crippen LogP contribution in [0.4, 0.5) is 0 Å². The Kier molecular flexibility index (Phi) is 6.54. The van der Waals surface area contributed by atoms with Crippen LogP contribution in [0.5, 0.6) is 0 Å². The van der Waals surface area contributed by atoms with Crippen molar-refractivity contribution in [2.75, 3.05) is 7.05 Å². The Bertz CT molecular complexity index is 288. The molecule has 0 aliphatic carbocycles. The lowest BCUT2D eigenvalue weighted by Gasteiger charge is -2.35. The van der Waals surface area contributed by atoms with Crippen molar-refractivity contribution in [1.82, 2.24) is 4.90 Å². The van der Waals surface area contributed by atoms with Crippen LogP contribution in [0.15, 0.2) is 0 Å². The lowest BCUT2D eigenvalue weighted by atomic mass is 9.86. The summed E-state index contributed by atoms with van der Waals surface area (Å²) in [5, 5.41) is 0. The molecule has 2 unspecified atom stereocenters. The van der Waals surface area contributed by atoms with E-state index in [9.17, 15) is 4.79 Å². The molecule has 0 radical (unpaired) electrons. The molecule has 0 spiro atoms. The minimum Gasteiger partial charge on any atom is -0.300 e. The zero-order chi connectivity index (χ0) is 14.4. The van der Waals surface area contributed by atoms with Gasteiger partial charge in [-0.2, -0.15) is 0 Å². The molecule has 20 heavy (non-hydrogen) atoms. The molecule has 0 aromatic rings. The van der Waals surface area contributed by atoms with Crippen LogP contribution >= 0.6 is 0 Å². The maximum Gasteiger partial charge on any atom is 0.136 e. The summed E-state index contributed by atoms with van der Waals surface area (Å²) in [6.45, 7) is 2.26. The van der Waals surface area contributed by atoms with Crippen LogP contribution in [0.3, 0.4) is 0 Å². The number of piperidine rings is 1. The monoisotopic (exact) mass is 279 g/mol. The zero-order valence-corrected chi connectivity index (χ0v) is 13.6. The molecule has 2 heteroatoms. The van der Waals surface area contributed by atoms with E-state index in [1.54, 1.807) is 0 Å². The van der Waals surface area contributed by atoms with Gasteiger partial charge in [0.2, 0.25) is 0 Å². The van der Waals surface area contributed by atoms with Crippen LogP contribution in [-0.2, 0) is 4.79 Å². The van der Waals surface area contributed by atoms with Crippen molar-refractivity contribution < 1.29 is 4.79 Å². The van der Waals surface area contributed by atoms with Crippen LogP contribution in [0.2, 0.25) is 0 Å². The summed E-state index contributed by atoms with van der Waals surface area (Å²) >= 11 is 0. The number of hydrogen-bond donors (Lipinski definition) is 0. The van der Waals surface area contributed by atoms with Crippen molar-refractivity contribution in [3.05, 3.63) is 0 Å². The quantitative estimate of drug-likeness (QED) is 0.576.